The van der Waals surface area contributed by atoms with Gasteiger partial charge in [-0.05, 0) is 37.1 Å². The van der Waals surface area contributed by atoms with Crippen molar-refractivity contribution in [1.82, 2.24) is 15.1 Å². The summed E-state index contributed by atoms with van der Waals surface area (Å²) >= 11 is 1.73. The van der Waals surface area contributed by atoms with Gasteiger partial charge < -0.3 is 9.32 Å². The molecule has 0 unspecified atom stereocenters. The zero-order valence-corrected chi connectivity index (χ0v) is 16.4. The second-order valence-electron chi connectivity index (χ2n) is 7.97. The third-order valence-electron chi connectivity index (χ3n) is 5.94. The van der Waals surface area contributed by atoms with Crippen LogP contribution in [0.1, 0.15) is 80.9 Å². The maximum atomic E-state index is 13.4. The molecule has 2 fully saturated rings. The Kier molecular flexibility index (Phi) is 4.86. The molecule has 0 radical (unpaired) electrons. The number of amides is 1. The summed E-state index contributed by atoms with van der Waals surface area (Å²) in [5.41, 5.74) is -0.268. The van der Waals surface area contributed by atoms with Gasteiger partial charge >= 0.3 is 0 Å². The van der Waals surface area contributed by atoms with Crippen molar-refractivity contribution in [2.24, 2.45) is 0 Å². The van der Waals surface area contributed by atoms with E-state index in [9.17, 15) is 4.79 Å². The molecule has 6 heteroatoms. The summed E-state index contributed by atoms with van der Waals surface area (Å²) in [5.74, 6) is 2.33. The van der Waals surface area contributed by atoms with Crippen molar-refractivity contribution in [1.29, 1.82) is 0 Å². The quantitative estimate of drug-likeness (QED) is 0.793. The molecule has 5 nitrogen and oxygen atoms in total. The lowest BCUT2D eigenvalue weighted by molar-refractivity contribution is -0.138. The van der Waals surface area contributed by atoms with E-state index in [0.29, 0.717) is 11.8 Å². The van der Waals surface area contributed by atoms with Crippen molar-refractivity contribution in [3.05, 3.63) is 34.2 Å². The number of hydrogen-bond donors (Lipinski definition) is 0. The smallest absolute Gasteiger partial charge is 0.234 e. The van der Waals surface area contributed by atoms with Gasteiger partial charge in [0, 0.05) is 29.8 Å². The highest BCUT2D eigenvalue weighted by Crippen LogP contribution is 2.45. The van der Waals surface area contributed by atoms with Crippen LogP contribution < -0.4 is 0 Å². The molecular formula is C20H27N3O2S. The monoisotopic (exact) mass is 373 g/mol. The molecule has 1 aliphatic carbocycles. The first kappa shape index (κ1) is 17.7. The molecule has 1 saturated heterocycles. The van der Waals surface area contributed by atoms with E-state index in [0.717, 1.165) is 57.5 Å². The fourth-order valence-corrected chi connectivity index (χ4v) is 5.35. The molecule has 4 rings (SSSR count). The zero-order valence-electron chi connectivity index (χ0n) is 15.6. The Bertz CT molecular complexity index is 739. The van der Waals surface area contributed by atoms with Crippen LogP contribution in [0, 0.1) is 0 Å². The van der Waals surface area contributed by atoms with Gasteiger partial charge in [-0.1, -0.05) is 32.8 Å². The minimum Gasteiger partial charge on any atom is -0.425 e. The molecule has 140 valence electrons. The molecule has 2 aromatic heterocycles. The summed E-state index contributed by atoms with van der Waals surface area (Å²) in [6.45, 7) is 5.69. The molecule has 0 N–H and O–H groups in total. The molecule has 2 aliphatic rings. The summed E-state index contributed by atoms with van der Waals surface area (Å²) in [7, 11) is 0. The van der Waals surface area contributed by atoms with Crippen LogP contribution in [0.5, 0.6) is 0 Å². The molecule has 3 heterocycles. The summed E-state index contributed by atoms with van der Waals surface area (Å²) in [6, 6.07) is 4.22. The van der Waals surface area contributed by atoms with Crippen molar-refractivity contribution in [3.8, 4) is 0 Å². The number of likely N-dealkylation sites (tertiary alicyclic amines) is 1. The van der Waals surface area contributed by atoms with Gasteiger partial charge in [0.05, 0.1) is 5.41 Å². The third kappa shape index (κ3) is 3.08. The number of carbonyl (C=O) groups is 1. The van der Waals surface area contributed by atoms with Gasteiger partial charge in [0.2, 0.25) is 17.7 Å². The maximum absolute atomic E-state index is 13.4. The van der Waals surface area contributed by atoms with E-state index in [-0.39, 0.29) is 17.3 Å². The second-order valence-corrected chi connectivity index (χ2v) is 8.91. The summed E-state index contributed by atoms with van der Waals surface area (Å²) in [6.07, 6.45) is 6.11. The fourth-order valence-electron chi connectivity index (χ4n) is 4.37. The molecule has 2 aromatic rings. The van der Waals surface area contributed by atoms with E-state index >= 15 is 0 Å². The van der Waals surface area contributed by atoms with Crippen LogP contribution in [-0.2, 0) is 10.2 Å². The van der Waals surface area contributed by atoms with Gasteiger partial charge in [0.1, 0.15) is 0 Å². The molecule has 0 aromatic carbocycles. The van der Waals surface area contributed by atoms with Crippen molar-refractivity contribution in [2.45, 2.75) is 69.6 Å². The van der Waals surface area contributed by atoms with Gasteiger partial charge in [-0.2, -0.15) is 0 Å². The Morgan fingerprint density at radius 2 is 2.00 bits per heavy atom. The molecule has 0 bridgehead atoms. The SMILES string of the molecule is CC(C)c1nnc(C2CCN(C(=O)C3(c4cccs4)CCCC3)CC2)o1. The van der Waals surface area contributed by atoms with E-state index in [2.05, 4.69) is 46.5 Å². The Labute approximate surface area is 158 Å². The van der Waals surface area contributed by atoms with Gasteiger partial charge in [0.15, 0.2) is 0 Å². The Balaban J connectivity index is 1.44. The van der Waals surface area contributed by atoms with Gasteiger partial charge in [-0.3, -0.25) is 4.79 Å². The van der Waals surface area contributed by atoms with E-state index in [4.69, 9.17) is 4.42 Å². The summed E-state index contributed by atoms with van der Waals surface area (Å²) in [5, 5.41) is 10.5. The summed E-state index contributed by atoms with van der Waals surface area (Å²) in [4.78, 5) is 16.8. The normalized spacial score (nSPS) is 20.8. The highest BCUT2D eigenvalue weighted by atomic mass is 32.1. The number of rotatable bonds is 4. The lowest BCUT2D eigenvalue weighted by atomic mass is 9.82. The number of piperidine rings is 1. The lowest BCUT2D eigenvalue weighted by Crippen LogP contribution is -2.48. The van der Waals surface area contributed by atoms with Gasteiger partial charge in [-0.15, -0.1) is 21.5 Å². The predicted octanol–water partition coefficient (Wildman–Crippen LogP) is 4.47. The number of nitrogens with zero attached hydrogens (tertiary/aromatic N) is 3. The number of carbonyl (C=O) groups excluding carboxylic acids is 1. The Morgan fingerprint density at radius 3 is 2.58 bits per heavy atom. The third-order valence-corrected chi connectivity index (χ3v) is 7.01. The number of aromatic nitrogens is 2. The van der Waals surface area contributed by atoms with Crippen LogP contribution in [-0.4, -0.2) is 34.1 Å². The van der Waals surface area contributed by atoms with Gasteiger partial charge in [0.25, 0.3) is 0 Å². The zero-order chi connectivity index (χ0) is 18.1. The Hall–Kier alpha value is -1.69. The average molecular weight is 374 g/mol. The van der Waals surface area contributed by atoms with Crippen LogP contribution in [0.3, 0.4) is 0 Å². The van der Waals surface area contributed by atoms with Crippen LogP contribution in [0.2, 0.25) is 0 Å². The van der Waals surface area contributed by atoms with E-state index < -0.39 is 0 Å². The van der Waals surface area contributed by atoms with Crippen molar-refractivity contribution in [3.63, 3.8) is 0 Å². The largest absolute Gasteiger partial charge is 0.425 e. The van der Waals surface area contributed by atoms with Crippen molar-refractivity contribution < 1.29 is 9.21 Å². The van der Waals surface area contributed by atoms with Crippen LogP contribution in [0.25, 0.3) is 0 Å². The first-order valence-corrected chi connectivity index (χ1v) is 10.6. The first-order valence-electron chi connectivity index (χ1n) is 9.77. The van der Waals surface area contributed by atoms with E-state index in [1.165, 1.54) is 4.88 Å². The second kappa shape index (κ2) is 7.14. The molecular weight excluding hydrogens is 346 g/mol. The van der Waals surface area contributed by atoms with Crippen LogP contribution >= 0.6 is 11.3 Å². The van der Waals surface area contributed by atoms with Gasteiger partial charge in [-0.25, -0.2) is 0 Å². The fraction of sp³-hybridized carbons (Fsp3) is 0.650. The topological polar surface area (TPSA) is 59.2 Å². The maximum Gasteiger partial charge on any atom is 0.234 e. The molecule has 1 aliphatic heterocycles. The number of thiophene rings is 1. The average Bonchev–Trinajstić information content (AvgIpc) is 3.42. The number of hydrogen-bond acceptors (Lipinski definition) is 5. The minimum absolute atomic E-state index is 0.255. The predicted molar refractivity (Wildman–Crippen MR) is 101 cm³/mol. The highest BCUT2D eigenvalue weighted by molar-refractivity contribution is 7.10. The molecule has 1 amide bonds. The molecule has 1 saturated carbocycles. The van der Waals surface area contributed by atoms with E-state index in [1.807, 2.05) is 0 Å². The standard InChI is InChI=1S/C20H27N3O2S/c1-14(2)17-21-22-18(25-17)15-7-11-23(12-8-15)19(24)20(9-3-4-10-20)16-6-5-13-26-16/h5-6,13-15H,3-4,7-12H2,1-2H3. The van der Waals surface area contributed by atoms with Crippen LogP contribution in [0.4, 0.5) is 0 Å². The molecule has 0 atom stereocenters. The Morgan fingerprint density at radius 1 is 1.27 bits per heavy atom. The van der Waals surface area contributed by atoms with Crippen molar-refractivity contribution in [2.75, 3.05) is 13.1 Å². The first-order chi connectivity index (χ1) is 12.6. The molecule has 26 heavy (non-hydrogen) atoms. The molecule has 0 spiro atoms. The van der Waals surface area contributed by atoms with E-state index in [1.54, 1.807) is 11.3 Å². The minimum atomic E-state index is -0.268. The lowest BCUT2D eigenvalue weighted by Gasteiger charge is -2.37. The van der Waals surface area contributed by atoms with Crippen molar-refractivity contribution >= 4 is 17.2 Å². The highest BCUT2D eigenvalue weighted by Gasteiger charge is 2.46. The summed E-state index contributed by atoms with van der Waals surface area (Å²) < 4.78 is 5.83. The van der Waals surface area contributed by atoms with Crippen LogP contribution in [0.15, 0.2) is 21.9 Å².